The van der Waals surface area contributed by atoms with Gasteiger partial charge in [0, 0.05) is 11.6 Å². The lowest BCUT2D eigenvalue weighted by atomic mass is 10.0. The first kappa shape index (κ1) is 9.80. The molecule has 2 unspecified atom stereocenters. The van der Waals surface area contributed by atoms with Gasteiger partial charge in [0.25, 0.3) is 0 Å². The van der Waals surface area contributed by atoms with Crippen molar-refractivity contribution in [3.63, 3.8) is 0 Å². The van der Waals surface area contributed by atoms with Crippen LogP contribution in [0.4, 0.5) is 0 Å². The summed E-state index contributed by atoms with van der Waals surface area (Å²) < 4.78 is 1.96. The number of carbonyl (C=O) groups is 1. The van der Waals surface area contributed by atoms with E-state index in [1.54, 1.807) is 17.5 Å². The molecule has 3 rings (SSSR count). The highest BCUT2D eigenvalue weighted by atomic mass is 32.1. The molecule has 16 heavy (non-hydrogen) atoms. The quantitative estimate of drug-likeness (QED) is 0.821. The number of carboxylic acid groups (broad SMARTS) is 1. The Morgan fingerprint density at radius 2 is 2.56 bits per heavy atom. The van der Waals surface area contributed by atoms with Crippen LogP contribution in [0, 0.1) is 5.92 Å². The summed E-state index contributed by atoms with van der Waals surface area (Å²) in [6.07, 6.45) is 4.39. The van der Waals surface area contributed by atoms with Crippen molar-refractivity contribution in [1.29, 1.82) is 0 Å². The van der Waals surface area contributed by atoms with E-state index >= 15 is 0 Å². The second-order valence-electron chi connectivity index (χ2n) is 3.89. The molecule has 1 aliphatic heterocycles. The molecular formula is C10H11N3O2S. The fourth-order valence-corrected chi connectivity index (χ4v) is 2.93. The van der Waals surface area contributed by atoms with Crippen molar-refractivity contribution in [2.45, 2.75) is 12.5 Å². The predicted octanol–water partition coefficient (Wildman–Crippen LogP) is 1.13. The van der Waals surface area contributed by atoms with Crippen molar-refractivity contribution in [2.24, 2.45) is 5.92 Å². The SMILES string of the molecule is O=C(O)C1CCNC1c1ncc2sccn12. The van der Waals surface area contributed by atoms with E-state index in [0.717, 1.165) is 17.2 Å². The monoisotopic (exact) mass is 237 g/mol. The zero-order valence-electron chi connectivity index (χ0n) is 8.46. The van der Waals surface area contributed by atoms with Crippen LogP contribution < -0.4 is 5.32 Å². The van der Waals surface area contributed by atoms with Crippen molar-refractivity contribution < 1.29 is 9.90 Å². The Morgan fingerprint density at radius 1 is 1.69 bits per heavy atom. The van der Waals surface area contributed by atoms with Gasteiger partial charge >= 0.3 is 5.97 Å². The number of hydrogen-bond acceptors (Lipinski definition) is 4. The first-order chi connectivity index (χ1) is 7.77. The van der Waals surface area contributed by atoms with E-state index in [-0.39, 0.29) is 12.0 Å². The smallest absolute Gasteiger partial charge is 0.308 e. The van der Waals surface area contributed by atoms with E-state index in [2.05, 4.69) is 10.3 Å². The Balaban J connectivity index is 2.03. The zero-order chi connectivity index (χ0) is 11.1. The molecule has 1 fully saturated rings. The Bertz CT molecular complexity index is 533. The third-order valence-electron chi connectivity index (χ3n) is 3.01. The number of imidazole rings is 1. The lowest BCUT2D eigenvalue weighted by Gasteiger charge is -2.13. The van der Waals surface area contributed by atoms with Crippen molar-refractivity contribution >= 4 is 22.1 Å². The number of rotatable bonds is 2. The molecule has 1 aliphatic rings. The summed E-state index contributed by atoms with van der Waals surface area (Å²) in [6.45, 7) is 0.737. The van der Waals surface area contributed by atoms with Crippen LogP contribution in [0.1, 0.15) is 18.3 Å². The maximum Gasteiger partial charge on any atom is 0.308 e. The number of fused-ring (bicyclic) bond motifs is 1. The van der Waals surface area contributed by atoms with E-state index in [1.165, 1.54) is 0 Å². The topological polar surface area (TPSA) is 66.6 Å². The minimum atomic E-state index is -0.748. The first-order valence-corrected chi connectivity index (χ1v) is 6.02. The van der Waals surface area contributed by atoms with Crippen molar-refractivity contribution in [3.05, 3.63) is 23.6 Å². The van der Waals surface area contributed by atoms with Gasteiger partial charge in [-0.25, -0.2) is 4.98 Å². The molecule has 2 atom stereocenters. The Hall–Kier alpha value is -1.40. The molecule has 2 aromatic rings. The second kappa shape index (κ2) is 3.57. The van der Waals surface area contributed by atoms with Crippen LogP contribution in [0.15, 0.2) is 17.8 Å². The van der Waals surface area contributed by atoms with Crippen LogP contribution >= 0.6 is 11.3 Å². The number of aliphatic carboxylic acids is 1. The standard InChI is InChI=1S/C10H11N3O2S/c14-10(15)6-1-2-11-8(6)9-12-5-7-13(9)3-4-16-7/h3-6,8,11H,1-2H2,(H,14,15). The largest absolute Gasteiger partial charge is 0.481 e. The molecule has 5 nitrogen and oxygen atoms in total. The number of carboxylic acids is 1. The summed E-state index contributed by atoms with van der Waals surface area (Å²) in [5.41, 5.74) is 0. The molecule has 2 N–H and O–H groups in total. The Morgan fingerprint density at radius 3 is 3.38 bits per heavy atom. The molecule has 0 aromatic carbocycles. The molecule has 0 aliphatic carbocycles. The van der Waals surface area contributed by atoms with Gasteiger partial charge < -0.3 is 10.4 Å². The molecular weight excluding hydrogens is 226 g/mol. The van der Waals surface area contributed by atoms with Crippen LogP contribution in [0.3, 0.4) is 0 Å². The average Bonchev–Trinajstić information content (AvgIpc) is 2.92. The highest BCUT2D eigenvalue weighted by Gasteiger charge is 2.36. The summed E-state index contributed by atoms with van der Waals surface area (Å²) in [7, 11) is 0. The fourth-order valence-electron chi connectivity index (χ4n) is 2.23. The third-order valence-corrected chi connectivity index (χ3v) is 3.81. The number of nitrogens with one attached hydrogen (secondary N) is 1. The van der Waals surface area contributed by atoms with Gasteiger partial charge in [-0.2, -0.15) is 0 Å². The fraction of sp³-hybridized carbons (Fsp3) is 0.400. The van der Waals surface area contributed by atoms with Crippen LogP contribution in [-0.2, 0) is 4.79 Å². The van der Waals surface area contributed by atoms with Gasteiger partial charge in [-0.05, 0) is 13.0 Å². The van der Waals surface area contributed by atoms with Crippen molar-refractivity contribution in [3.8, 4) is 0 Å². The van der Waals surface area contributed by atoms with Crippen LogP contribution in [0.5, 0.6) is 0 Å². The number of nitrogens with zero attached hydrogens (tertiary/aromatic N) is 2. The highest BCUT2D eigenvalue weighted by molar-refractivity contribution is 7.15. The average molecular weight is 237 g/mol. The van der Waals surface area contributed by atoms with E-state index in [9.17, 15) is 4.79 Å². The van der Waals surface area contributed by atoms with E-state index < -0.39 is 5.97 Å². The first-order valence-electron chi connectivity index (χ1n) is 5.14. The summed E-state index contributed by atoms with van der Waals surface area (Å²) in [5.74, 6) is -0.311. The number of hydrogen-bond donors (Lipinski definition) is 2. The Labute approximate surface area is 95.7 Å². The van der Waals surface area contributed by atoms with Gasteiger partial charge in [-0.1, -0.05) is 0 Å². The highest BCUT2D eigenvalue weighted by Crippen LogP contribution is 2.30. The second-order valence-corrected chi connectivity index (χ2v) is 4.82. The van der Waals surface area contributed by atoms with Gasteiger partial charge in [-0.15, -0.1) is 11.3 Å². The lowest BCUT2D eigenvalue weighted by Crippen LogP contribution is -2.25. The summed E-state index contributed by atoms with van der Waals surface area (Å²) in [6, 6.07) is -0.172. The molecule has 0 amide bonds. The predicted molar refractivity (Wildman–Crippen MR) is 59.6 cm³/mol. The number of thiazole rings is 1. The van der Waals surface area contributed by atoms with Crippen molar-refractivity contribution in [1.82, 2.24) is 14.7 Å². The van der Waals surface area contributed by atoms with E-state index in [0.29, 0.717) is 6.42 Å². The summed E-state index contributed by atoms with van der Waals surface area (Å²) >= 11 is 1.60. The van der Waals surface area contributed by atoms with Gasteiger partial charge in [0.1, 0.15) is 10.7 Å². The summed E-state index contributed by atoms with van der Waals surface area (Å²) in [4.78, 5) is 16.5. The maximum atomic E-state index is 11.1. The van der Waals surface area contributed by atoms with Gasteiger partial charge in [0.2, 0.25) is 0 Å². The molecule has 3 heterocycles. The molecule has 0 radical (unpaired) electrons. The maximum absolute atomic E-state index is 11.1. The molecule has 2 aromatic heterocycles. The molecule has 0 saturated carbocycles. The third kappa shape index (κ3) is 1.34. The summed E-state index contributed by atoms with van der Waals surface area (Å²) in [5, 5.41) is 14.3. The minimum absolute atomic E-state index is 0.172. The van der Waals surface area contributed by atoms with Gasteiger partial charge in [-0.3, -0.25) is 9.20 Å². The van der Waals surface area contributed by atoms with Gasteiger partial charge in [0.05, 0.1) is 18.2 Å². The van der Waals surface area contributed by atoms with Gasteiger partial charge in [0.15, 0.2) is 0 Å². The molecule has 0 spiro atoms. The van der Waals surface area contributed by atoms with Crippen LogP contribution in [0.25, 0.3) is 4.83 Å². The van der Waals surface area contributed by atoms with E-state index in [1.807, 2.05) is 16.0 Å². The molecule has 1 saturated heterocycles. The lowest BCUT2D eigenvalue weighted by molar-refractivity contribution is -0.142. The molecule has 84 valence electrons. The van der Waals surface area contributed by atoms with Crippen LogP contribution in [0.2, 0.25) is 0 Å². The normalized spacial score (nSPS) is 25.2. The van der Waals surface area contributed by atoms with E-state index in [4.69, 9.17) is 5.11 Å². The Kier molecular flexibility index (Phi) is 2.19. The van der Waals surface area contributed by atoms with Crippen molar-refractivity contribution in [2.75, 3.05) is 6.54 Å². The molecule has 6 heteroatoms. The minimum Gasteiger partial charge on any atom is -0.481 e. The number of aromatic nitrogens is 2. The van der Waals surface area contributed by atoms with Crippen LogP contribution in [-0.4, -0.2) is 27.0 Å². The zero-order valence-corrected chi connectivity index (χ0v) is 9.28. The molecule has 0 bridgehead atoms.